The van der Waals surface area contributed by atoms with Crippen molar-refractivity contribution in [2.75, 3.05) is 5.32 Å². The Bertz CT molecular complexity index is 1470. The fourth-order valence-electron chi connectivity index (χ4n) is 3.76. The van der Waals surface area contributed by atoms with E-state index in [9.17, 15) is 14.4 Å². The van der Waals surface area contributed by atoms with Crippen molar-refractivity contribution in [3.8, 4) is 5.75 Å². The summed E-state index contributed by atoms with van der Waals surface area (Å²) in [6, 6.07) is 12.3. The molecule has 2 N–H and O–H groups in total. The Balaban J connectivity index is 1.70. The maximum atomic E-state index is 13.1. The van der Waals surface area contributed by atoms with E-state index in [4.69, 9.17) is 33.0 Å². The van der Waals surface area contributed by atoms with Crippen LogP contribution in [0.15, 0.2) is 57.3 Å². The van der Waals surface area contributed by atoms with Crippen LogP contribution in [0.1, 0.15) is 31.7 Å². The molecule has 0 aliphatic carbocycles. The number of aliphatic carboxylic acids is 1. The largest absolute Gasteiger partial charge is 0.491 e. The van der Waals surface area contributed by atoms with Gasteiger partial charge in [0.1, 0.15) is 21.6 Å². The summed E-state index contributed by atoms with van der Waals surface area (Å²) in [6.45, 7) is 4.43. The SMILES string of the molecule is CC(C)Oc1cccc(/C=C2/CCn3c2nc2cc(NC(=O)/C(Cl)=C(/Cl)C(=O)O)ccc2c3=O)c1. The molecule has 0 spiro atoms. The van der Waals surface area contributed by atoms with Crippen LogP contribution >= 0.6 is 23.2 Å². The van der Waals surface area contributed by atoms with Gasteiger partial charge in [0.2, 0.25) is 0 Å². The zero-order valence-electron chi connectivity index (χ0n) is 18.8. The van der Waals surface area contributed by atoms with Gasteiger partial charge in [0, 0.05) is 12.2 Å². The fraction of sp³-hybridized carbons (Fsp3) is 0.200. The van der Waals surface area contributed by atoms with Crippen molar-refractivity contribution in [1.29, 1.82) is 0 Å². The second kappa shape index (κ2) is 9.93. The molecule has 2 heterocycles. The van der Waals surface area contributed by atoms with Gasteiger partial charge in [-0.2, -0.15) is 0 Å². The molecule has 4 rings (SSSR count). The molecule has 8 nitrogen and oxygen atoms in total. The summed E-state index contributed by atoms with van der Waals surface area (Å²) < 4.78 is 7.40. The Morgan fingerprint density at radius 2 is 1.94 bits per heavy atom. The van der Waals surface area contributed by atoms with Gasteiger partial charge >= 0.3 is 5.97 Å². The molecule has 0 saturated heterocycles. The number of benzene rings is 2. The molecular weight excluding hydrogens is 493 g/mol. The highest BCUT2D eigenvalue weighted by atomic mass is 35.5. The number of nitrogens with zero attached hydrogens (tertiary/aromatic N) is 2. The standard InChI is InChI=1S/C25H21Cl2N3O5/c1-13(2)35-17-5-3-4-14(11-17)10-15-8-9-30-22(15)29-19-12-16(6-7-18(19)24(30)32)28-23(31)20(26)21(27)25(33)34/h3-7,10-13H,8-9H2,1-2H3,(H,28,31)(H,33,34)/b15-10-,21-20-. The molecule has 1 amide bonds. The number of amides is 1. The maximum absolute atomic E-state index is 13.1. The molecule has 3 aromatic rings. The molecule has 1 aromatic heterocycles. The molecule has 2 aromatic carbocycles. The van der Waals surface area contributed by atoms with E-state index in [0.29, 0.717) is 29.7 Å². The molecule has 10 heteroatoms. The van der Waals surface area contributed by atoms with E-state index in [-0.39, 0.29) is 17.4 Å². The predicted octanol–water partition coefficient (Wildman–Crippen LogP) is 4.84. The zero-order valence-corrected chi connectivity index (χ0v) is 20.4. The van der Waals surface area contributed by atoms with Gasteiger partial charge in [-0.15, -0.1) is 0 Å². The lowest BCUT2D eigenvalue weighted by molar-refractivity contribution is -0.132. The van der Waals surface area contributed by atoms with Crippen molar-refractivity contribution < 1.29 is 19.4 Å². The molecule has 0 atom stereocenters. The number of halogens is 2. The van der Waals surface area contributed by atoms with E-state index in [1.54, 1.807) is 10.6 Å². The van der Waals surface area contributed by atoms with Crippen molar-refractivity contribution in [3.63, 3.8) is 0 Å². The lowest BCUT2D eigenvalue weighted by Gasteiger charge is -2.10. The smallest absolute Gasteiger partial charge is 0.349 e. The second-order valence-electron chi connectivity index (χ2n) is 8.17. The van der Waals surface area contributed by atoms with Crippen molar-refractivity contribution in [1.82, 2.24) is 9.55 Å². The summed E-state index contributed by atoms with van der Waals surface area (Å²) in [7, 11) is 0. The van der Waals surface area contributed by atoms with Gasteiger partial charge in [0.15, 0.2) is 0 Å². The van der Waals surface area contributed by atoms with Gasteiger partial charge in [-0.3, -0.25) is 14.2 Å². The van der Waals surface area contributed by atoms with Crippen molar-refractivity contribution in [2.45, 2.75) is 32.9 Å². The summed E-state index contributed by atoms with van der Waals surface area (Å²) in [5.74, 6) is -1.10. The van der Waals surface area contributed by atoms with E-state index in [1.807, 2.05) is 44.2 Å². The first-order valence-electron chi connectivity index (χ1n) is 10.8. The summed E-state index contributed by atoms with van der Waals surface area (Å²) >= 11 is 11.3. The van der Waals surface area contributed by atoms with E-state index in [1.165, 1.54) is 12.1 Å². The number of ether oxygens (including phenoxy) is 1. The number of aromatic nitrogens is 2. The average molecular weight is 514 g/mol. The first-order chi connectivity index (χ1) is 16.6. The highest BCUT2D eigenvalue weighted by Gasteiger charge is 2.22. The topological polar surface area (TPSA) is 111 Å². The third kappa shape index (κ3) is 5.23. The first-order valence-corrected chi connectivity index (χ1v) is 11.5. The summed E-state index contributed by atoms with van der Waals surface area (Å²) in [5.41, 5.74) is 2.32. The number of carboxylic acid groups (broad SMARTS) is 1. The minimum Gasteiger partial charge on any atom is -0.491 e. The second-order valence-corrected chi connectivity index (χ2v) is 8.93. The monoisotopic (exact) mass is 513 g/mol. The number of allylic oxidation sites excluding steroid dienone is 1. The number of rotatable bonds is 6. The molecule has 0 radical (unpaired) electrons. The van der Waals surface area contributed by atoms with Crippen LogP contribution in [0, 0.1) is 0 Å². The Kier molecular flexibility index (Phi) is 6.95. The third-order valence-electron chi connectivity index (χ3n) is 5.26. The van der Waals surface area contributed by atoms with E-state index >= 15 is 0 Å². The molecule has 0 saturated carbocycles. The molecule has 0 bridgehead atoms. The predicted molar refractivity (Wildman–Crippen MR) is 136 cm³/mol. The van der Waals surface area contributed by atoms with Gasteiger partial charge in [-0.25, -0.2) is 9.78 Å². The maximum Gasteiger partial charge on any atom is 0.349 e. The highest BCUT2D eigenvalue weighted by molar-refractivity contribution is 6.54. The van der Waals surface area contributed by atoms with Gasteiger partial charge in [-0.1, -0.05) is 35.3 Å². The zero-order chi connectivity index (χ0) is 25.3. The molecule has 180 valence electrons. The lowest BCUT2D eigenvalue weighted by Crippen LogP contribution is -2.21. The van der Waals surface area contributed by atoms with Crippen LogP contribution in [0.5, 0.6) is 5.75 Å². The van der Waals surface area contributed by atoms with Crippen LogP contribution in [0.25, 0.3) is 22.6 Å². The van der Waals surface area contributed by atoms with Crippen LogP contribution in [-0.2, 0) is 16.1 Å². The molecule has 35 heavy (non-hydrogen) atoms. The van der Waals surface area contributed by atoms with Crippen molar-refractivity contribution >= 4 is 63.3 Å². The molecule has 0 fully saturated rings. The number of carboxylic acids is 1. The van der Waals surface area contributed by atoms with Gasteiger partial charge in [0.25, 0.3) is 11.5 Å². The molecule has 1 aliphatic heterocycles. The van der Waals surface area contributed by atoms with Crippen LogP contribution < -0.4 is 15.6 Å². The van der Waals surface area contributed by atoms with E-state index < -0.39 is 21.9 Å². The number of hydrogen-bond acceptors (Lipinski definition) is 5. The van der Waals surface area contributed by atoms with Crippen LogP contribution in [0.3, 0.4) is 0 Å². The molecule has 1 aliphatic rings. The Morgan fingerprint density at radius 1 is 1.17 bits per heavy atom. The third-order valence-corrected chi connectivity index (χ3v) is 6.06. The van der Waals surface area contributed by atoms with Gasteiger partial charge < -0.3 is 15.2 Å². The van der Waals surface area contributed by atoms with Crippen LogP contribution in [-0.4, -0.2) is 32.6 Å². The van der Waals surface area contributed by atoms with Crippen LogP contribution in [0.4, 0.5) is 5.69 Å². The van der Waals surface area contributed by atoms with E-state index in [0.717, 1.165) is 16.9 Å². The first kappa shape index (κ1) is 24.5. The lowest BCUT2D eigenvalue weighted by atomic mass is 10.1. The minimum atomic E-state index is -1.52. The number of fused-ring (bicyclic) bond motifs is 2. The Hall–Kier alpha value is -3.62. The number of nitrogens with one attached hydrogen (secondary N) is 1. The fourth-order valence-corrected chi connectivity index (χ4v) is 3.98. The number of anilines is 1. The van der Waals surface area contributed by atoms with Crippen molar-refractivity contribution in [3.05, 3.63) is 74.3 Å². The Labute approximate surface area is 210 Å². The molecule has 0 unspecified atom stereocenters. The van der Waals surface area contributed by atoms with Crippen molar-refractivity contribution in [2.24, 2.45) is 0 Å². The Morgan fingerprint density at radius 3 is 2.66 bits per heavy atom. The van der Waals surface area contributed by atoms with Crippen LogP contribution in [0.2, 0.25) is 0 Å². The number of carbonyl (C=O) groups is 2. The minimum absolute atomic E-state index is 0.0527. The summed E-state index contributed by atoms with van der Waals surface area (Å²) in [6.07, 6.45) is 2.68. The van der Waals surface area contributed by atoms with Gasteiger partial charge in [0.05, 0.1) is 17.0 Å². The summed E-state index contributed by atoms with van der Waals surface area (Å²) in [4.78, 5) is 40.9. The number of hydrogen-bond donors (Lipinski definition) is 2. The quantitative estimate of drug-likeness (QED) is 0.456. The number of carbonyl (C=O) groups excluding carboxylic acids is 1. The molecular formula is C25H21Cl2N3O5. The van der Waals surface area contributed by atoms with E-state index in [2.05, 4.69) is 10.3 Å². The average Bonchev–Trinajstić information content (AvgIpc) is 3.20. The highest BCUT2D eigenvalue weighted by Crippen LogP contribution is 2.29. The summed E-state index contributed by atoms with van der Waals surface area (Å²) in [5, 5.41) is 10.3. The normalized spacial score (nSPS) is 14.7. The van der Waals surface area contributed by atoms with Gasteiger partial charge in [-0.05, 0) is 67.8 Å².